The van der Waals surface area contributed by atoms with Gasteiger partial charge in [-0.15, -0.1) is 11.3 Å². The van der Waals surface area contributed by atoms with Crippen LogP contribution < -0.4 is 5.32 Å². The molecule has 1 aliphatic heterocycles. The van der Waals surface area contributed by atoms with E-state index in [2.05, 4.69) is 27.5 Å². The van der Waals surface area contributed by atoms with Crippen molar-refractivity contribution in [2.75, 3.05) is 32.7 Å². The van der Waals surface area contributed by atoms with Crippen molar-refractivity contribution < 1.29 is 0 Å². The quantitative estimate of drug-likeness (QED) is 0.845. The van der Waals surface area contributed by atoms with Crippen molar-refractivity contribution in [1.82, 2.24) is 15.2 Å². The lowest BCUT2D eigenvalue weighted by molar-refractivity contribution is 0.243. The fourth-order valence-corrected chi connectivity index (χ4v) is 2.93. The average Bonchev–Trinajstić information content (AvgIpc) is 2.76. The van der Waals surface area contributed by atoms with Crippen LogP contribution in [0.25, 0.3) is 0 Å². The minimum atomic E-state index is 1.11. The number of nitrogens with one attached hydrogen (secondary N) is 1. The third-order valence-electron chi connectivity index (χ3n) is 2.96. The minimum Gasteiger partial charge on any atom is -0.314 e. The minimum absolute atomic E-state index is 1.11. The zero-order chi connectivity index (χ0) is 11.2. The number of hydrogen-bond acceptors (Lipinski definition) is 4. The summed E-state index contributed by atoms with van der Waals surface area (Å²) in [6.07, 6.45) is 3.45. The van der Waals surface area contributed by atoms with Crippen LogP contribution in [0, 0.1) is 0 Å². The lowest BCUT2D eigenvalue weighted by Crippen LogP contribution is -2.44. The molecule has 0 atom stereocenters. The van der Waals surface area contributed by atoms with Crippen molar-refractivity contribution in [1.29, 1.82) is 0 Å². The number of thiazole rings is 1. The second-order valence-electron chi connectivity index (χ2n) is 4.32. The van der Waals surface area contributed by atoms with Gasteiger partial charge < -0.3 is 10.2 Å². The second kappa shape index (κ2) is 6.33. The Bertz CT molecular complexity index is 305. The smallest absolute Gasteiger partial charge is 0.0928 e. The third-order valence-corrected chi connectivity index (χ3v) is 3.91. The Labute approximate surface area is 102 Å². The Hall–Kier alpha value is -0.450. The molecule has 0 bridgehead atoms. The van der Waals surface area contributed by atoms with Crippen molar-refractivity contribution in [3.8, 4) is 0 Å². The summed E-state index contributed by atoms with van der Waals surface area (Å²) in [4.78, 5) is 7.18. The van der Waals surface area contributed by atoms with Gasteiger partial charge in [-0.1, -0.05) is 6.92 Å². The van der Waals surface area contributed by atoms with E-state index in [1.54, 1.807) is 0 Å². The van der Waals surface area contributed by atoms with Crippen molar-refractivity contribution in [3.63, 3.8) is 0 Å². The van der Waals surface area contributed by atoms with Gasteiger partial charge in [0.2, 0.25) is 0 Å². The maximum absolute atomic E-state index is 4.66. The van der Waals surface area contributed by atoms with Crippen LogP contribution in [0.5, 0.6) is 0 Å². The Morgan fingerprint density at radius 1 is 1.38 bits per heavy atom. The van der Waals surface area contributed by atoms with Gasteiger partial charge in [0.05, 0.1) is 10.7 Å². The standard InChI is InChI=1S/C12H21N3S/c1-2-3-12-14-11(10-16-12)4-7-15-8-5-13-6-9-15/h10,13H,2-9H2,1H3. The van der Waals surface area contributed by atoms with Crippen LogP contribution in [0.4, 0.5) is 0 Å². The zero-order valence-electron chi connectivity index (χ0n) is 10.0. The van der Waals surface area contributed by atoms with E-state index in [1.807, 2.05) is 11.3 Å². The van der Waals surface area contributed by atoms with Gasteiger partial charge in [-0.05, 0) is 12.8 Å². The van der Waals surface area contributed by atoms with E-state index in [4.69, 9.17) is 0 Å². The lowest BCUT2D eigenvalue weighted by Gasteiger charge is -2.26. The average molecular weight is 239 g/mol. The SMILES string of the molecule is CCCc1nc(CCN2CCNCC2)cs1. The molecule has 4 heteroatoms. The Balaban J connectivity index is 1.75. The number of nitrogens with zero attached hydrogens (tertiary/aromatic N) is 2. The zero-order valence-corrected chi connectivity index (χ0v) is 10.9. The molecule has 0 saturated carbocycles. The molecule has 1 N–H and O–H groups in total. The third kappa shape index (κ3) is 3.54. The molecule has 3 nitrogen and oxygen atoms in total. The molecule has 2 rings (SSSR count). The molecule has 2 heterocycles. The molecule has 1 fully saturated rings. The highest BCUT2D eigenvalue weighted by molar-refractivity contribution is 7.09. The Morgan fingerprint density at radius 2 is 2.19 bits per heavy atom. The van der Waals surface area contributed by atoms with Crippen LogP contribution in [0.15, 0.2) is 5.38 Å². The van der Waals surface area contributed by atoms with Crippen LogP contribution in [0.3, 0.4) is 0 Å². The fourth-order valence-electron chi connectivity index (χ4n) is 2.00. The maximum Gasteiger partial charge on any atom is 0.0928 e. The van der Waals surface area contributed by atoms with Crippen LogP contribution in [-0.2, 0) is 12.8 Å². The highest BCUT2D eigenvalue weighted by atomic mass is 32.1. The molecule has 16 heavy (non-hydrogen) atoms. The van der Waals surface area contributed by atoms with Gasteiger partial charge in [-0.25, -0.2) is 4.98 Å². The molecular formula is C12H21N3S. The number of rotatable bonds is 5. The Kier molecular flexibility index (Phi) is 4.75. The van der Waals surface area contributed by atoms with Crippen molar-refractivity contribution in [2.24, 2.45) is 0 Å². The first-order valence-electron chi connectivity index (χ1n) is 6.25. The predicted molar refractivity (Wildman–Crippen MR) is 69.1 cm³/mol. The van der Waals surface area contributed by atoms with E-state index in [-0.39, 0.29) is 0 Å². The van der Waals surface area contributed by atoms with E-state index in [0.717, 1.165) is 32.5 Å². The van der Waals surface area contributed by atoms with Crippen molar-refractivity contribution >= 4 is 11.3 Å². The van der Waals surface area contributed by atoms with Crippen molar-refractivity contribution in [2.45, 2.75) is 26.2 Å². The van der Waals surface area contributed by atoms with Crippen molar-refractivity contribution in [3.05, 3.63) is 16.1 Å². The molecule has 0 spiro atoms. The van der Waals surface area contributed by atoms with E-state index in [1.165, 1.54) is 30.2 Å². The summed E-state index contributed by atoms with van der Waals surface area (Å²) < 4.78 is 0. The molecule has 1 aromatic heterocycles. The number of aromatic nitrogens is 1. The van der Waals surface area contributed by atoms with Crippen LogP contribution >= 0.6 is 11.3 Å². The van der Waals surface area contributed by atoms with E-state index < -0.39 is 0 Å². The largest absolute Gasteiger partial charge is 0.314 e. The Morgan fingerprint density at radius 3 is 2.94 bits per heavy atom. The summed E-state index contributed by atoms with van der Waals surface area (Å²) in [7, 11) is 0. The fraction of sp³-hybridized carbons (Fsp3) is 0.750. The van der Waals surface area contributed by atoms with Gasteiger partial charge in [-0.3, -0.25) is 0 Å². The number of aryl methyl sites for hydroxylation is 1. The molecule has 0 unspecified atom stereocenters. The second-order valence-corrected chi connectivity index (χ2v) is 5.27. The molecule has 90 valence electrons. The number of hydrogen-bond donors (Lipinski definition) is 1. The summed E-state index contributed by atoms with van der Waals surface area (Å²) >= 11 is 1.82. The molecule has 1 saturated heterocycles. The first-order chi connectivity index (χ1) is 7.88. The van der Waals surface area contributed by atoms with Gasteiger partial charge in [-0.2, -0.15) is 0 Å². The van der Waals surface area contributed by atoms with Crippen LogP contribution in [0.2, 0.25) is 0 Å². The molecular weight excluding hydrogens is 218 g/mol. The molecule has 1 aliphatic rings. The summed E-state index contributed by atoms with van der Waals surface area (Å²) in [5.74, 6) is 0. The first-order valence-corrected chi connectivity index (χ1v) is 7.13. The summed E-state index contributed by atoms with van der Waals surface area (Å²) in [5, 5.41) is 6.91. The van der Waals surface area contributed by atoms with Crippen LogP contribution in [0.1, 0.15) is 24.0 Å². The summed E-state index contributed by atoms with van der Waals surface area (Å²) in [6.45, 7) is 8.02. The molecule has 1 aromatic rings. The lowest BCUT2D eigenvalue weighted by atomic mass is 10.3. The highest BCUT2D eigenvalue weighted by Crippen LogP contribution is 2.12. The first kappa shape index (κ1) is 12.0. The molecule has 0 aliphatic carbocycles. The number of piperazine rings is 1. The van der Waals surface area contributed by atoms with E-state index in [9.17, 15) is 0 Å². The van der Waals surface area contributed by atoms with Crippen LogP contribution in [-0.4, -0.2) is 42.6 Å². The summed E-state index contributed by atoms with van der Waals surface area (Å²) in [5.41, 5.74) is 1.28. The molecule has 0 aromatic carbocycles. The molecule has 0 amide bonds. The van der Waals surface area contributed by atoms with Gasteiger partial charge in [0.15, 0.2) is 0 Å². The molecule has 0 radical (unpaired) electrons. The van der Waals surface area contributed by atoms with Gasteiger partial charge in [0, 0.05) is 44.5 Å². The highest BCUT2D eigenvalue weighted by Gasteiger charge is 2.10. The maximum atomic E-state index is 4.66. The van der Waals surface area contributed by atoms with Gasteiger partial charge in [0.1, 0.15) is 0 Å². The van der Waals surface area contributed by atoms with Gasteiger partial charge >= 0.3 is 0 Å². The van der Waals surface area contributed by atoms with Gasteiger partial charge in [0.25, 0.3) is 0 Å². The monoisotopic (exact) mass is 239 g/mol. The van der Waals surface area contributed by atoms with E-state index >= 15 is 0 Å². The predicted octanol–water partition coefficient (Wildman–Crippen LogP) is 1.54. The topological polar surface area (TPSA) is 28.2 Å². The summed E-state index contributed by atoms with van der Waals surface area (Å²) in [6, 6.07) is 0. The normalized spacial score (nSPS) is 17.8. The van der Waals surface area contributed by atoms with E-state index in [0.29, 0.717) is 0 Å².